The number of anilines is 2. The van der Waals surface area contributed by atoms with Gasteiger partial charge in [-0.3, -0.25) is 29.4 Å². The average Bonchev–Trinajstić information content (AvgIpc) is 3.41. The molecule has 3 amide bonds. The SMILES string of the molecule is CN1C(=O)c2ccc(NC(=O)COC(=O)c3cc([N+](=O)[O-])ccc3N3CCCC3)cc2C1=O. The minimum absolute atomic E-state index is 0.0172. The Morgan fingerprint density at radius 2 is 1.76 bits per heavy atom. The minimum atomic E-state index is -0.855. The van der Waals surface area contributed by atoms with Gasteiger partial charge >= 0.3 is 5.97 Å². The molecule has 0 radical (unpaired) electrons. The highest BCUT2D eigenvalue weighted by molar-refractivity contribution is 6.21. The van der Waals surface area contributed by atoms with Crippen LogP contribution in [0, 0.1) is 10.1 Å². The van der Waals surface area contributed by atoms with Crippen molar-refractivity contribution in [2.24, 2.45) is 0 Å². The Hall–Kier alpha value is -4.28. The fourth-order valence-corrected chi connectivity index (χ4v) is 3.88. The minimum Gasteiger partial charge on any atom is -0.452 e. The van der Waals surface area contributed by atoms with Gasteiger partial charge in [0.15, 0.2) is 6.61 Å². The van der Waals surface area contributed by atoms with Crippen molar-refractivity contribution >= 4 is 40.8 Å². The summed E-state index contributed by atoms with van der Waals surface area (Å²) < 4.78 is 5.12. The molecule has 0 saturated carbocycles. The van der Waals surface area contributed by atoms with Gasteiger partial charge in [-0.05, 0) is 37.1 Å². The molecule has 2 aliphatic rings. The van der Waals surface area contributed by atoms with Gasteiger partial charge in [-0.2, -0.15) is 0 Å². The lowest BCUT2D eigenvalue weighted by Gasteiger charge is -2.20. The van der Waals surface area contributed by atoms with Crippen LogP contribution < -0.4 is 10.2 Å². The van der Waals surface area contributed by atoms with Crippen LogP contribution >= 0.6 is 0 Å². The number of imide groups is 1. The summed E-state index contributed by atoms with van der Waals surface area (Å²) in [6.07, 6.45) is 1.89. The monoisotopic (exact) mass is 452 g/mol. The first-order valence-corrected chi connectivity index (χ1v) is 10.2. The molecular weight excluding hydrogens is 432 g/mol. The van der Waals surface area contributed by atoms with E-state index >= 15 is 0 Å². The first kappa shape index (κ1) is 21.9. The zero-order valence-electron chi connectivity index (χ0n) is 17.7. The highest BCUT2D eigenvalue weighted by atomic mass is 16.6. The predicted molar refractivity (Wildman–Crippen MR) is 116 cm³/mol. The molecule has 2 aromatic carbocycles. The van der Waals surface area contributed by atoms with E-state index in [4.69, 9.17) is 4.74 Å². The van der Waals surface area contributed by atoms with Gasteiger partial charge in [0.05, 0.1) is 27.3 Å². The summed E-state index contributed by atoms with van der Waals surface area (Å²) in [6.45, 7) is 0.797. The standard InChI is InChI=1S/C22H20N4O7/c1-24-20(28)15-6-4-13(10-16(15)21(24)29)23-19(27)12-33-22(30)17-11-14(26(31)32)5-7-18(17)25-8-2-3-9-25/h4-7,10-11H,2-3,8-9,12H2,1H3,(H,23,27). The summed E-state index contributed by atoms with van der Waals surface area (Å²) in [7, 11) is 1.37. The number of hydrogen-bond donors (Lipinski definition) is 1. The molecule has 0 aliphatic carbocycles. The Morgan fingerprint density at radius 3 is 2.45 bits per heavy atom. The molecule has 0 aromatic heterocycles. The van der Waals surface area contributed by atoms with E-state index < -0.39 is 35.2 Å². The zero-order valence-corrected chi connectivity index (χ0v) is 17.7. The maximum absolute atomic E-state index is 12.7. The molecule has 170 valence electrons. The van der Waals surface area contributed by atoms with Crippen molar-refractivity contribution in [1.29, 1.82) is 0 Å². The predicted octanol–water partition coefficient (Wildman–Crippen LogP) is 2.22. The first-order valence-electron chi connectivity index (χ1n) is 10.2. The third kappa shape index (κ3) is 4.25. The fourth-order valence-electron chi connectivity index (χ4n) is 3.88. The number of nitrogens with zero attached hydrogens (tertiary/aromatic N) is 3. The number of nitro benzene ring substituents is 1. The van der Waals surface area contributed by atoms with Crippen LogP contribution in [0.1, 0.15) is 43.9 Å². The number of benzene rings is 2. The number of fused-ring (bicyclic) bond motifs is 1. The van der Waals surface area contributed by atoms with Gasteiger partial charge in [0, 0.05) is 38.0 Å². The molecular formula is C22H20N4O7. The van der Waals surface area contributed by atoms with Crippen LogP contribution in [0.3, 0.4) is 0 Å². The van der Waals surface area contributed by atoms with Crippen molar-refractivity contribution in [2.75, 3.05) is 37.0 Å². The van der Waals surface area contributed by atoms with Crippen molar-refractivity contribution in [2.45, 2.75) is 12.8 Å². The maximum atomic E-state index is 12.7. The lowest BCUT2D eigenvalue weighted by Crippen LogP contribution is -2.24. The number of hydrogen-bond acceptors (Lipinski definition) is 8. The second-order valence-electron chi connectivity index (χ2n) is 7.71. The molecule has 0 bridgehead atoms. The first-order chi connectivity index (χ1) is 15.8. The topological polar surface area (TPSA) is 139 Å². The van der Waals surface area contributed by atoms with Crippen LogP contribution in [-0.2, 0) is 9.53 Å². The van der Waals surface area contributed by atoms with Crippen molar-refractivity contribution < 1.29 is 28.8 Å². The largest absolute Gasteiger partial charge is 0.452 e. The number of ether oxygens (including phenoxy) is 1. The second-order valence-corrected chi connectivity index (χ2v) is 7.71. The normalized spacial score (nSPS) is 14.9. The number of amides is 3. The Balaban J connectivity index is 1.44. The van der Waals surface area contributed by atoms with Crippen LogP contribution in [-0.4, -0.2) is 60.3 Å². The number of carbonyl (C=O) groups excluding carboxylic acids is 4. The van der Waals surface area contributed by atoms with E-state index in [-0.39, 0.29) is 28.1 Å². The van der Waals surface area contributed by atoms with E-state index in [0.717, 1.165) is 23.8 Å². The number of non-ortho nitro benzene ring substituents is 1. The van der Waals surface area contributed by atoms with Crippen LogP contribution in [0.4, 0.5) is 17.1 Å². The van der Waals surface area contributed by atoms with E-state index in [9.17, 15) is 29.3 Å². The number of carbonyl (C=O) groups is 4. The number of nitrogens with one attached hydrogen (secondary N) is 1. The van der Waals surface area contributed by atoms with Gasteiger partial charge in [-0.25, -0.2) is 4.79 Å². The smallest absolute Gasteiger partial charge is 0.341 e. The molecule has 1 fully saturated rings. The van der Waals surface area contributed by atoms with E-state index in [1.54, 1.807) is 0 Å². The molecule has 2 aromatic rings. The van der Waals surface area contributed by atoms with Crippen molar-refractivity contribution in [1.82, 2.24) is 4.90 Å². The molecule has 2 heterocycles. The Bertz CT molecular complexity index is 1190. The molecule has 1 saturated heterocycles. The Kier molecular flexibility index (Phi) is 5.78. The van der Waals surface area contributed by atoms with E-state index in [1.165, 1.54) is 37.4 Å². The highest BCUT2D eigenvalue weighted by Crippen LogP contribution is 2.29. The van der Waals surface area contributed by atoms with Gasteiger partial charge in [-0.15, -0.1) is 0 Å². The van der Waals surface area contributed by atoms with E-state index in [1.807, 2.05) is 4.90 Å². The summed E-state index contributed by atoms with van der Waals surface area (Å²) >= 11 is 0. The van der Waals surface area contributed by atoms with Gasteiger partial charge < -0.3 is 15.0 Å². The van der Waals surface area contributed by atoms with E-state index in [2.05, 4.69) is 5.32 Å². The van der Waals surface area contributed by atoms with Crippen LogP contribution in [0.25, 0.3) is 0 Å². The molecule has 2 aliphatic heterocycles. The molecule has 0 spiro atoms. The summed E-state index contributed by atoms with van der Waals surface area (Å²) in [5, 5.41) is 13.7. The number of rotatable bonds is 6. The highest BCUT2D eigenvalue weighted by Gasteiger charge is 2.33. The van der Waals surface area contributed by atoms with Gasteiger partial charge in [0.1, 0.15) is 0 Å². The molecule has 4 rings (SSSR count). The molecule has 11 nitrogen and oxygen atoms in total. The molecule has 33 heavy (non-hydrogen) atoms. The van der Waals surface area contributed by atoms with Crippen molar-refractivity contribution in [3.05, 3.63) is 63.2 Å². The van der Waals surface area contributed by atoms with Crippen molar-refractivity contribution in [3.63, 3.8) is 0 Å². The number of esters is 1. The Labute approximate surface area is 188 Å². The molecule has 0 atom stereocenters. The van der Waals surface area contributed by atoms with Crippen LogP contribution in [0.2, 0.25) is 0 Å². The van der Waals surface area contributed by atoms with Crippen molar-refractivity contribution in [3.8, 4) is 0 Å². The number of nitro groups is 1. The summed E-state index contributed by atoms with van der Waals surface area (Å²) in [4.78, 5) is 62.5. The molecule has 11 heteroatoms. The quantitative estimate of drug-likeness (QED) is 0.305. The van der Waals surface area contributed by atoms with Gasteiger partial charge in [0.2, 0.25) is 0 Å². The second kappa shape index (κ2) is 8.69. The van der Waals surface area contributed by atoms with E-state index in [0.29, 0.717) is 18.8 Å². The summed E-state index contributed by atoms with van der Waals surface area (Å²) in [6, 6.07) is 8.27. The van der Waals surface area contributed by atoms with Crippen LogP contribution in [0.15, 0.2) is 36.4 Å². The third-order valence-electron chi connectivity index (χ3n) is 5.57. The summed E-state index contributed by atoms with van der Waals surface area (Å²) in [5.74, 6) is -2.42. The lowest BCUT2D eigenvalue weighted by molar-refractivity contribution is -0.384. The summed E-state index contributed by atoms with van der Waals surface area (Å²) in [5.41, 5.74) is 0.963. The molecule has 0 unspecified atom stereocenters. The van der Waals surface area contributed by atoms with Gasteiger partial charge in [0.25, 0.3) is 23.4 Å². The van der Waals surface area contributed by atoms with Gasteiger partial charge in [-0.1, -0.05) is 0 Å². The zero-order chi connectivity index (χ0) is 23.7. The third-order valence-corrected chi connectivity index (χ3v) is 5.57. The lowest BCUT2D eigenvalue weighted by atomic mass is 10.1. The average molecular weight is 452 g/mol. The maximum Gasteiger partial charge on any atom is 0.341 e. The molecule has 1 N–H and O–H groups in total. The van der Waals surface area contributed by atoms with Crippen LogP contribution in [0.5, 0.6) is 0 Å². The fraction of sp³-hybridized carbons (Fsp3) is 0.273. The Morgan fingerprint density at radius 1 is 1.06 bits per heavy atom.